The third kappa shape index (κ3) is 9.06. The number of aromatic nitrogens is 2. The fraction of sp³-hybridized carbons (Fsp3) is 0.500. The Hall–Kier alpha value is -3.41. The molecule has 1 saturated carbocycles. The number of sulfone groups is 1. The number of anilines is 2. The molecule has 1 aliphatic carbocycles. The smallest absolute Gasteiger partial charge is 0.416 e. The van der Waals surface area contributed by atoms with Crippen LogP contribution in [0, 0.1) is 18.7 Å². The molecule has 1 aliphatic rings. The lowest BCUT2D eigenvalue weighted by Crippen LogP contribution is -2.32. The summed E-state index contributed by atoms with van der Waals surface area (Å²) in [5.74, 6) is 0.476. The van der Waals surface area contributed by atoms with Gasteiger partial charge >= 0.3 is 6.18 Å². The van der Waals surface area contributed by atoms with Crippen LogP contribution < -0.4 is 14.5 Å². The van der Waals surface area contributed by atoms with Crippen LogP contribution in [0.25, 0.3) is 0 Å². The Labute approximate surface area is 257 Å². The maximum Gasteiger partial charge on any atom is 0.416 e. The lowest BCUT2D eigenvalue weighted by molar-refractivity contribution is -0.137. The van der Waals surface area contributed by atoms with Crippen molar-refractivity contribution in [2.45, 2.75) is 65.2 Å². The minimum Gasteiger partial charge on any atom is -0.489 e. The number of aryl methyl sites for hydroxylation is 1. The van der Waals surface area contributed by atoms with Crippen LogP contribution in [-0.2, 0) is 22.6 Å². The fourth-order valence-electron chi connectivity index (χ4n) is 5.67. The van der Waals surface area contributed by atoms with Gasteiger partial charge in [-0.05, 0) is 74.9 Å². The molecule has 1 heterocycles. The molecule has 44 heavy (non-hydrogen) atoms. The zero-order chi connectivity index (χ0) is 32.1. The number of alkyl halides is 3. The highest BCUT2D eigenvalue weighted by Crippen LogP contribution is 2.36. The van der Waals surface area contributed by atoms with Crippen molar-refractivity contribution in [3.63, 3.8) is 0 Å². The SMILES string of the molecule is CCN(CC1CCCC1)c1cc(F)ccc1CN(c1ncc(OCCS(C)(=O)=O)cn1)C(C)c1cc(C)cc(C(F)(F)F)c1. The number of hydrogen-bond acceptors (Lipinski definition) is 7. The van der Waals surface area contributed by atoms with Gasteiger partial charge in [-0.1, -0.05) is 30.5 Å². The third-order valence-electron chi connectivity index (χ3n) is 8.03. The van der Waals surface area contributed by atoms with Crippen molar-refractivity contribution in [1.29, 1.82) is 0 Å². The highest BCUT2D eigenvalue weighted by atomic mass is 32.2. The number of hydrogen-bond donors (Lipinski definition) is 0. The van der Waals surface area contributed by atoms with Crippen molar-refractivity contribution in [1.82, 2.24) is 9.97 Å². The molecular weight excluding hydrogens is 596 g/mol. The minimum absolute atomic E-state index is 0.0715. The van der Waals surface area contributed by atoms with E-state index < -0.39 is 27.6 Å². The molecule has 7 nitrogen and oxygen atoms in total. The molecule has 0 bridgehead atoms. The van der Waals surface area contributed by atoms with E-state index in [1.54, 1.807) is 30.9 Å². The summed E-state index contributed by atoms with van der Waals surface area (Å²) >= 11 is 0. The zero-order valence-corrected chi connectivity index (χ0v) is 26.4. The molecule has 1 unspecified atom stereocenters. The van der Waals surface area contributed by atoms with Gasteiger partial charge < -0.3 is 14.5 Å². The van der Waals surface area contributed by atoms with Gasteiger partial charge in [0.05, 0.1) is 29.8 Å². The zero-order valence-electron chi connectivity index (χ0n) is 25.6. The fourth-order valence-corrected chi connectivity index (χ4v) is 6.06. The molecule has 0 aliphatic heterocycles. The Morgan fingerprint density at radius 3 is 2.36 bits per heavy atom. The normalized spacial score (nSPS) is 14.9. The minimum atomic E-state index is -4.52. The van der Waals surface area contributed by atoms with Gasteiger partial charge in [0.1, 0.15) is 12.4 Å². The first-order valence-corrected chi connectivity index (χ1v) is 16.9. The van der Waals surface area contributed by atoms with E-state index in [0.717, 1.165) is 49.0 Å². The maximum absolute atomic E-state index is 14.6. The third-order valence-corrected chi connectivity index (χ3v) is 8.94. The van der Waals surface area contributed by atoms with E-state index in [2.05, 4.69) is 14.9 Å². The molecule has 3 aromatic rings. The summed E-state index contributed by atoms with van der Waals surface area (Å²) in [6.45, 7) is 7.03. The lowest BCUT2D eigenvalue weighted by atomic mass is 9.99. The first-order chi connectivity index (χ1) is 20.7. The van der Waals surface area contributed by atoms with E-state index >= 15 is 0 Å². The summed E-state index contributed by atoms with van der Waals surface area (Å²) < 4.78 is 84.3. The average Bonchev–Trinajstić information content (AvgIpc) is 3.47. The Morgan fingerprint density at radius 1 is 1.07 bits per heavy atom. The number of ether oxygens (including phenoxy) is 1. The van der Waals surface area contributed by atoms with E-state index in [9.17, 15) is 26.0 Å². The van der Waals surface area contributed by atoms with Crippen molar-refractivity contribution in [2.24, 2.45) is 5.92 Å². The van der Waals surface area contributed by atoms with Crippen LogP contribution in [0.4, 0.5) is 29.2 Å². The summed E-state index contributed by atoms with van der Waals surface area (Å²) in [5, 5.41) is 0. The average molecular weight is 637 g/mol. The Balaban J connectivity index is 1.71. The monoisotopic (exact) mass is 636 g/mol. The molecule has 2 aromatic carbocycles. The van der Waals surface area contributed by atoms with Gasteiger partial charge in [0.25, 0.3) is 0 Å². The molecule has 240 valence electrons. The highest BCUT2D eigenvalue weighted by Gasteiger charge is 2.32. The topological polar surface area (TPSA) is 75.6 Å². The molecular formula is C32H40F4N4O3S. The molecule has 0 N–H and O–H groups in total. The largest absolute Gasteiger partial charge is 0.489 e. The predicted molar refractivity (Wildman–Crippen MR) is 164 cm³/mol. The lowest BCUT2D eigenvalue weighted by Gasteiger charge is -2.33. The molecule has 1 fully saturated rings. The van der Waals surface area contributed by atoms with E-state index in [-0.39, 0.29) is 36.4 Å². The van der Waals surface area contributed by atoms with Crippen LogP contribution in [0.2, 0.25) is 0 Å². The number of benzene rings is 2. The molecule has 0 saturated heterocycles. The van der Waals surface area contributed by atoms with E-state index in [4.69, 9.17) is 4.74 Å². The van der Waals surface area contributed by atoms with Gasteiger partial charge in [0.15, 0.2) is 15.6 Å². The first kappa shape index (κ1) is 33.5. The van der Waals surface area contributed by atoms with E-state index in [1.807, 2.05) is 6.92 Å². The summed E-state index contributed by atoms with van der Waals surface area (Å²) in [5.41, 5.74) is 1.67. The van der Waals surface area contributed by atoms with Gasteiger partial charge in [-0.2, -0.15) is 13.2 Å². The van der Waals surface area contributed by atoms with Crippen molar-refractivity contribution < 1.29 is 30.7 Å². The highest BCUT2D eigenvalue weighted by molar-refractivity contribution is 7.90. The maximum atomic E-state index is 14.6. The van der Waals surface area contributed by atoms with Gasteiger partial charge in [-0.3, -0.25) is 0 Å². The van der Waals surface area contributed by atoms with E-state index in [1.165, 1.54) is 37.4 Å². The molecule has 1 atom stereocenters. The van der Waals surface area contributed by atoms with Crippen molar-refractivity contribution in [3.05, 3.63) is 76.9 Å². The van der Waals surface area contributed by atoms with Crippen LogP contribution >= 0.6 is 0 Å². The van der Waals surface area contributed by atoms with Gasteiger partial charge in [0.2, 0.25) is 5.95 Å². The standard InChI is InChI=1S/C32H40F4N4O3S/c1-5-39(20-24-8-6-7-9-24)30-17-28(33)11-10-25(30)21-40(23(3)26-14-22(2)15-27(16-26)32(34,35)36)31-37-18-29(19-38-31)43-12-13-44(4,41)42/h10-11,14-19,23-24H,5-9,12-13,20-21H2,1-4H3. The molecule has 0 spiro atoms. The number of halogens is 4. The number of rotatable bonds is 13. The van der Waals surface area contributed by atoms with Crippen molar-refractivity contribution >= 4 is 21.5 Å². The second-order valence-corrected chi connectivity index (χ2v) is 13.9. The predicted octanol–water partition coefficient (Wildman–Crippen LogP) is 7.15. The quantitative estimate of drug-likeness (QED) is 0.185. The summed E-state index contributed by atoms with van der Waals surface area (Å²) in [6, 6.07) is 7.97. The van der Waals surface area contributed by atoms with E-state index in [0.29, 0.717) is 23.6 Å². The van der Waals surface area contributed by atoms with Gasteiger partial charge in [-0.25, -0.2) is 22.8 Å². The number of nitrogens with zero attached hydrogens (tertiary/aromatic N) is 4. The van der Waals surface area contributed by atoms with Crippen LogP contribution in [0.3, 0.4) is 0 Å². The summed E-state index contributed by atoms with van der Waals surface area (Å²) in [7, 11) is -3.22. The summed E-state index contributed by atoms with van der Waals surface area (Å²) in [4.78, 5) is 12.9. The van der Waals surface area contributed by atoms with Crippen LogP contribution in [0.1, 0.15) is 67.8 Å². The Kier molecular flexibility index (Phi) is 10.8. The summed E-state index contributed by atoms with van der Waals surface area (Å²) in [6.07, 6.45) is 4.05. The van der Waals surface area contributed by atoms with Gasteiger partial charge in [-0.15, -0.1) is 0 Å². The first-order valence-electron chi connectivity index (χ1n) is 14.8. The molecule has 1 aromatic heterocycles. The Morgan fingerprint density at radius 2 is 1.75 bits per heavy atom. The van der Waals surface area contributed by atoms with Crippen LogP contribution in [0.15, 0.2) is 48.8 Å². The van der Waals surface area contributed by atoms with Crippen LogP contribution in [-0.4, -0.2) is 50.1 Å². The molecule has 12 heteroatoms. The molecule has 0 radical (unpaired) electrons. The second kappa shape index (κ2) is 14.1. The molecule has 0 amide bonds. The van der Waals surface area contributed by atoms with Crippen molar-refractivity contribution in [2.75, 3.05) is 41.5 Å². The van der Waals surface area contributed by atoms with Crippen molar-refractivity contribution in [3.8, 4) is 5.75 Å². The second-order valence-electron chi connectivity index (χ2n) is 11.6. The van der Waals surface area contributed by atoms with Gasteiger partial charge in [0, 0.05) is 31.6 Å². The van der Waals surface area contributed by atoms with Crippen LogP contribution in [0.5, 0.6) is 5.75 Å². The Bertz CT molecular complexity index is 1510. The molecule has 4 rings (SSSR count).